The van der Waals surface area contributed by atoms with Gasteiger partial charge < -0.3 is 19.8 Å². The van der Waals surface area contributed by atoms with Crippen LogP contribution in [0.15, 0.2) is 16.7 Å². The maximum absolute atomic E-state index is 8.93. The summed E-state index contributed by atoms with van der Waals surface area (Å²) in [5, 5.41) is 17.9. The van der Waals surface area contributed by atoms with Gasteiger partial charge in [-0.2, -0.15) is 0 Å². The van der Waals surface area contributed by atoms with Gasteiger partial charge in [0.1, 0.15) is 4.60 Å². The zero-order valence-electron chi connectivity index (χ0n) is 9.06. The second-order valence-corrected chi connectivity index (χ2v) is 3.85. The molecule has 1 aromatic rings. The summed E-state index contributed by atoms with van der Waals surface area (Å²) in [5.41, 5.74) is 0.823. The second-order valence-electron chi connectivity index (χ2n) is 3.10. The highest BCUT2D eigenvalue weighted by Crippen LogP contribution is 2.26. The molecule has 0 radical (unpaired) electrons. The first kappa shape index (κ1) is 13.2. The number of hydrogen-bond donors (Lipinski definition) is 2. The van der Waals surface area contributed by atoms with Crippen LogP contribution in [0.5, 0.6) is 5.88 Å². The molecule has 90 valence electrons. The van der Waals surface area contributed by atoms with Gasteiger partial charge >= 0.3 is 0 Å². The summed E-state index contributed by atoms with van der Waals surface area (Å²) in [6.45, 7) is 0.956. The zero-order chi connectivity index (χ0) is 12.0. The van der Waals surface area contributed by atoms with E-state index in [2.05, 4.69) is 20.9 Å². The van der Waals surface area contributed by atoms with Crippen molar-refractivity contribution in [3.05, 3.63) is 16.7 Å². The monoisotopic (exact) mass is 290 g/mol. The van der Waals surface area contributed by atoms with Crippen molar-refractivity contribution < 1.29 is 14.9 Å². The minimum atomic E-state index is 0.0263. The molecule has 1 aromatic heterocycles. The van der Waals surface area contributed by atoms with Crippen LogP contribution in [-0.4, -0.2) is 48.6 Å². The Bertz CT molecular complexity index is 330. The average Bonchev–Trinajstić information content (AvgIpc) is 2.29. The van der Waals surface area contributed by atoms with Crippen molar-refractivity contribution in [2.75, 3.05) is 38.3 Å². The Labute approximate surface area is 103 Å². The number of methoxy groups -OCH3 is 1. The summed E-state index contributed by atoms with van der Waals surface area (Å²) >= 11 is 3.33. The summed E-state index contributed by atoms with van der Waals surface area (Å²) in [5.74, 6) is 0.517. The van der Waals surface area contributed by atoms with Crippen LogP contribution in [0.3, 0.4) is 0 Å². The Balaban J connectivity index is 2.90. The third-order valence-electron chi connectivity index (χ3n) is 2.09. The van der Waals surface area contributed by atoms with Gasteiger partial charge in [-0.05, 0) is 22.0 Å². The third-order valence-corrected chi connectivity index (χ3v) is 2.68. The van der Waals surface area contributed by atoms with Crippen molar-refractivity contribution in [2.24, 2.45) is 0 Å². The molecule has 0 amide bonds. The molecule has 0 bridgehead atoms. The van der Waals surface area contributed by atoms with Crippen molar-refractivity contribution in [1.82, 2.24) is 4.98 Å². The number of anilines is 1. The molecule has 6 heteroatoms. The largest absolute Gasteiger partial charge is 0.481 e. The topological polar surface area (TPSA) is 65.8 Å². The van der Waals surface area contributed by atoms with Crippen LogP contribution in [0.4, 0.5) is 5.69 Å². The van der Waals surface area contributed by atoms with Crippen LogP contribution < -0.4 is 9.64 Å². The molecule has 0 saturated carbocycles. The molecular formula is C10H15BrN2O3. The molecule has 0 atom stereocenters. The average molecular weight is 291 g/mol. The van der Waals surface area contributed by atoms with Crippen molar-refractivity contribution in [2.45, 2.75) is 0 Å². The lowest BCUT2D eigenvalue weighted by atomic mass is 10.3. The Morgan fingerprint density at radius 3 is 2.38 bits per heavy atom. The first-order valence-corrected chi connectivity index (χ1v) is 5.69. The zero-order valence-corrected chi connectivity index (χ0v) is 10.6. The number of aliphatic hydroxyl groups excluding tert-OH is 2. The van der Waals surface area contributed by atoms with Gasteiger partial charge in [0.2, 0.25) is 5.88 Å². The Kier molecular flexibility index (Phi) is 5.51. The molecule has 1 heterocycles. The lowest BCUT2D eigenvalue weighted by Gasteiger charge is -2.23. The minimum Gasteiger partial charge on any atom is -0.481 e. The van der Waals surface area contributed by atoms with E-state index in [0.717, 1.165) is 5.69 Å². The van der Waals surface area contributed by atoms with Crippen LogP contribution >= 0.6 is 15.9 Å². The third kappa shape index (κ3) is 3.33. The highest BCUT2D eigenvalue weighted by atomic mass is 79.9. The van der Waals surface area contributed by atoms with E-state index >= 15 is 0 Å². The van der Waals surface area contributed by atoms with Crippen molar-refractivity contribution in [3.8, 4) is 5.88 Å². The molecule has 16 heavy (non-hydrogen) atoms. The van der Waals surface area contributed by atoms with Gasteiger partial charge in [-0.3, -0.25) is 0 Å². The molecule has 0 spiro atoms. The Hall–Kier alpha value is -0.850. The maximum Gasteiger partial charge on any atom is 0.214 e. The van der Waals surface area contributed by atoms with Crippen LogP contribution in [0, 0.1) is 0 Å². The minimum absolute atomic E-state index is 0.0263. The molecule has 0 fully saturated rings. The van der Waals surface area contributed by atoms with E-state index in [1.807, 2.05) is 11.0 Å². The molecule has 2 N–H and O–H groups in total. The van der Waals surface area contributed by atoms with Gasteiger partial charge in [0.25, 0.3) is 0 Å². The number of aliphatic hydroxyl groups is 2. The number of hydrogen-bond acceptors (Lipinski definition) is 5. The fourth-order valence-corrected chi connectivity index (χ4v) is 1.91. The molecule has 0 saturated heterocycles. The standard InChI is InChI=1S/C10H15BrN2O3/c1-16-9-3-2-8(10(11)12-9)13(4-6-14)5-7-15/h2-3,14-15H,4-7H2,1H3. The van der Waals surface area contributed by atoms with E-state index in [1.165, 1.54) is 0 Å². The van der Waals surface area contributed by atoms with E-state index in [1.54, 1.807) is 13.2 Å². The summed E-state index contributed by atoms with van der Waals surface area (Å²) in [7, 11) is 1.55. The first-order valence-electron chi connectivity index (χ1n) is 4.90. The molecule has 0 aliphatic heterocycles. The molecule has 0 aliphatic carbocycles. The van der Waals surface area contributed by atoms with Crippen molar-refractivity contribution in [3.63, 3.8) is 0 Å². The fraction of sp³-hybridized carbons (Fsp3) is 0.500. The maximum atomic E-state index is 8.93. The predicted molar refractivity (Wildman–Crippen MR) is 64.9 cm³/mol. The lowest BCUT2D eigenvalue weighted by Crippen LogP contribution is -2.30. The highest BCUT2D eigenvalue weighted by Gasteiger charge is 2.11. The molecule has 0 aromatic carbocycles. The van der Waals surface area contributed by atoms with Crippen molar-refractivity contribution in [1.29, 1.82) is 0 Å². The number of halogens is 1. The lowest BCUT2D eigenvalue weighted by molar-refractivity contribution is 0.281. The number of rotatable bonds is 6. The van der Waals surface area contributed by atoms with Gasteiger partial charge in [0, 0.05) is 19.2 Å². The SMILES string of the molecule is COc1ccc(N(CCO)CCO)c(Br)n1. The first-order chi connectivity index (χ1) is 7.72. The summed E-state index contributed by atoms with van der Waals surface area (Å²) in [6, 6.07) is 3.57. The molecular weight excluding hydrogens is 276 g/mol. The molecule has 5 nitrogen and oxygen atoms in total. The fourth-order valence-electron chi connectivity index (χ4n) is 1.35. The van der Waals surface area contributed by atoms with E-state index in [9.17, 15) is 0 Å². The molecule has 0 unspecified atom stereocenters. The number of pyridine rings is 1. The Morgan fingerprint density at radius 2 is 1.94 bits per heavy atom. The van der Waals surface area contributed by atoms with E-state index in [4.69, 9.17) is 14.9 Å². The highest BCUT2D eigenvalue weighted by molar-refractivity contribution is 9.10. The van der Waals surface area contributed by atoms with E-state index in [0.29, 0.717) is 23.6 Å². The molecule has 0 aliphatic rings. The number of ether oxygens (including phenoxy) is 1. The Morgan fingerprint density at radius 1 is 1.31 bits per heavy atom. The van der Waals surface area contributed by atoms with Crippen LogP contribution in [0.1, 0.15) is 0 Å². The normalized spacial score (nSPS) is 10.2. The van der Waals surface area contributed by atoms with Gasteiger partial charge in [-0.25, -0.2) is 4.98 Å². The van der Waals surface area contributed by atoms with Gasteiger partial charge in [-0.1, -0.05) is 0 Å². The van der Waals surface area contributed by atoms with Gasteiger partial charge in [0.05, 0.1) is 26.0 Å². The van der Waals surface area contributed by atoms with E-state index < -0.39 is 0 Å². The predicted octanol–water partition coefficient (Wildman–Crippen LogP) is 0.644. The van der Waals surface area contributed by atoms with Gasteiger partial charge in [0.15, 0.2) is 0 Å². The van der Waals surface area contributed by atoms with Crippen LogP contribution in [0.25, 0.3) is 0 Å². The summed E-state index contributed by atoms with van der Waals surface area (Å²) < 4.78 is 5.62. The quantitative estimate of drug-likeness (QED) is 0.753. The summed E-state index contributed by atoms with van der Waals surface area (Å²) in [4.78, 5) is 6.01. The van der Waals surface area contributed by atoms with Crippen molar-refractivity contribution >= 4 is 21.6 Å². The summed E-state index contributed by atoms with van der Waals surface area (Å²) in [6.07, 6.45) is 0. The van der Waals surface area contributed by atoms with Crippen LogP contribution in [-0.2, 0) is 0 Å². The number of aromatic nitrogens is 1. The number of nitrogens with zero attached hydrogens (tertiary/aromatic N) is 2. The van der Waals surface area contributed by atoms with Gasteiger partial charge in [-0.15, -0.1) is 0 Å². The second kappa shape index (κ2) is 6.67. The van der Waals surface area contributed by atoms with E-state index in [-0.39, 0.29) is 13.2 Å². The molecule has 1 rings (SSSR count). The smallest absolute Gasteiger partial charge is 0.214 e. The van der Waals surface area contributed by atoms with Crippen LogP contribution in [0.2, 0.25) is 0 Å².